The zero-order chi connectivity index (χ0) is 20.8. The van der Waals surface area contributed by atoms with Gasteiger partial charge in [-0.25, -0.2) is 0 Å². The fraction of sp³-hybridized carbons (Fsp3) is 0.318. The van der Waals surface area contributed by atoms with Gasteiger partial charge in [-0.3, -0.25) is 9.59 Å². The third-order valence-corrected chi connectivity index (χ3v) is 4.86. The van der Waals surface area contributed by atoms with Gasteiger partial charge < -0.3 is 19.3 Å². The number of benzene rings is 2. The maximum absolute atomic E-state index is 12.8. The summed E-state index contributed by atoms with van der Waals surface area (Å²) < 4.78 is 11.0. The Morgan fingerprint density at radius 2 is 1.97 bits per heavy atom. The topological polar surface area (TPSA) is 82.9 Å². The van der Waals surface area contributed by atoms with Crippen LogP contribution in [0.3, 0.4) is 0 Å². The minimum Gasteiger partial charge on any atom is -0.493 e. The maximum atomic E-state index is 12.8. The van der Waals surface area contributed by atoms with E-state index in [0.717, 1.165) is 5.56 Å². The van der Waals surface area contributed by atoms with Crippen molar-refractivity contribution in [2.75, 3.05) is 27.3 Å². The summed E-state index contributed by atoms with van der Waals surface area (Å²) in [4.78, 5) is 28.2. The molecule has 2 amide bonds. The Morgan fingerprint density at radius 1 is 1.21 bits per heavy atom. The van der Waals surface area contributed by atoms with E-state index in [1.165, 1.54) is 7.11 Å². The summed E-state index contributed by atoms with van der Waals surface area (Å²) in [6.45, 7) is 0.404. The first-order chi connectivity index (χ1) is 14.0. The SMILES string of the molecule is COc1cc(C#N)ccc1OCCCC(=O)N1CC(=O)N(C)C1c1ccccc1. The number of likely N-dealkylation sites (N-methyl/N-ethyl adjacent to an activating group) is 1. The van der Waals surface area contributed by atoms with Crippen LogP contribution in [0.5, 0.6) is 11.5 Å². The molecule has 1 unspecified atom stereocenters. The minimum absolute atomic E-state index is 0.0780. The molecule has 29 heavy (non-hydrogen) atoms. The van der Waals surface area contributed by atoms with Crippen LogP contribution in [0.1, 0.15) is 30.1 Å². The number of methoxy groups -OCH3 is 1. The molecule has 0 saturated carbocycles. The van der Waals surface area contributed by atoms with Gasteiger partial charge in [0.15, 0.2) is 11.5 Å². The number of nitrogens with zero attached hydrogens (tertiary/aromatic N) is 3. The number of ether oxygens (including phenoxy) is 2. The van der Waals surface area contributed by atoms with Crippen LogP contribution in [-0.4, -0.2) is 48.9 Å². The third kappa shape index (κ3) is 4.49. The summed E-state index contributed by atoms with van der Waals surface area (Å²) in [6.07, 6.45) is 0.386. The molecule has 0 aromatic heterocycles. The van der Waals surface area contributed by atoms with Crippen molar-refractivity contribution in [3.05, 3.63) is 59.7 Å². The van der Waals surface area contributed by atoms with Gasteiger partial charge in [0.25, 0.3) is 0 Å². The monoisotopic (exact) mass is 393 g/mol. The molecule has 1 atom stereocenters. The van der Waals surface area contributed by atoms with Crippen LogP contribution in [0.4, 0.5) is 0 Å². The van der Waals surface area contributed by atoms with Crippen molar-refractivity contribution in [1.29, 1.82) is 5.26 Å². The molecule has 2 aromatic carbocycles. The lowest BCUT2D eigenvalue weighted by molar-refractivity contribution is -0.133. The van der Waals surface area contributed by atoms with Gasteiger partial charge in [-0.2, -0.15) is 5.26 Å². The predicted octanol–water partition coefficient (Wildman–Crippen LogP) is 2.73. The number of carbonyl (C=O) groups excluding carboxylic acids is 2. The van der Waals surface area contributed by atoms with E-state index in [-0.39, 0.29) is 30.9 Å². The summed E-state index contributed by atoms with van der Waals surface area (Å²) in [5.41, 5.74) is 1.40. The molecule has 0 radical (unpaired) electrons. The fourth-order valence-electron chi connectivity index (χ4n) is 3.35. The summed E-state index contributed by atoms with van der Waals surface area (Å²) in [5.74, 6) is 0.834. The highest BCUT2D eigenvalue weighted by molar-refractivity contribution is 5.88. The van der Waals surface area contributed by atoms with E-state index < -0.39 is 0 Å². The molecule has 0 spiro atoms. The molecule has 7 heteroatoms. The molecule has 0 bridgehead atoms. The van der Waals surface area contributed by atoms with Gasteiger partial charge in [0.1, 0.15) is 12.7 Å². The van der Waals surface area contributed by atoms with Crippen LogP contribution in [0.25, 0.3) is 0 Å². The summed E-state index contributed by atoms with van der Waals surface area (Å²) >= 11 is 0. The van der Waals surface area contributed by atoms with Gasteiger partial charge in [-0.15, -0.1) is 0 Å². The Kier molecular flexibility index (Phi) is 6.35. The number of hydrogen-bond donors (Lipinski definition) is 0. The quantitative estimate of drug-likeness (QED) is 0.676. The van der Waals surface area contributed by atoms with Gasteiger partial charge in [-0.05, 0) is 24.1 Å². The molecule has 1 fully saturated rings. The van der Waals surface area contributed by atoms with Gasteiger partial charge in [-0.1, -0.05) is 30.3 Å². The standard InChI is InChI=1S/C22H23N3O4/c1-24-21(27)15-25(22(24)17-7-4-3-5-8-17)20(26)9-6-12-29-18-11-10-16(14-23)13-19(18)28-2/h3-5,7-8,10-11,13,22H,6,9,12,15H2,1-2H3. The first kappa shape index (κ1) is 20.2. The van der Waals surface area contributed by atoms with Crippen molar-refractivity contribution < 1.29 is 19.1 Å². The predicted molar refractivity (Wildman–Crippen MR) is 106 cm³/mol. The van der Waals surface area contributed by atoms with Crippen molar-refractivity contribution in [1.82, 2.24) is 9.80 Å². The highest BCUT2D eigenvalue weighted by Gasteiger charge is 2.38. The molecule has 150 valence electrons. The molecule has 0 N–H and O–H groups in total. The summed E-state index contributed by atoms with van der Waals surface area (Å²) in [5, 5.41) is 8.95. The van der Waals surface area contributed by atoms with Crippen LogP contribution in [0.15, 0.2) is 48.5 Å². The average molecular weight is 393 g/mol. The lowest BCUT2D eigenvalue weighted by Crippen LogP contribution is -2.34. The zero-order valence-electron chi connectivity index (χ0n) is 16.5. The van der Waals surface area contributed by atoms with Crippen molar-refractivity contribution in [2.45, 2.75) is 19.0 Å². The van der Waals surface area contributed by atoms with Crippen molar-refractivity contribution in [3.63, 3.8) is 0 Å². The smallest absolute Gasteiger partial charge is 0.243 e. The first-order valence-corrected chi connectivity index (χ1v) is 9.36. The zero-order valence-corrected chi connectivity index (χ0v) is 16.5. The molecule has 1 aliphatic rings. The second-order valence-corrected chi connectivity index (χ2v) is 6.74. The number of nitriles is 1. The molecular weight excluding hydrogens is 370 g/mol. The minimum atomic E-state index is -0.379. The Balaban J connectivity index is 1.58. The Morgan fingerprint density at radius 3 is 2.66 bits per heavy atom. The summed E-state index contributed by atoms with van der Waals surface area (Å²) in [7, 11) is 3.23. The number of rotatable bonds is 7. The van der Waals surface area contributed by atoms with Crippen LogP contribution in [0, 0.1) is 11.3 Å². The highest BCUT2D eigenvalue weighted by Crippen LogP contribution is 2.30. The normalized spacial score (nSPS) is 15.9. The van der Waals surface area contributed by atoms with Gasteiger partial charge in [0.2, 0.25) is 11.8 Å². The number of amides is 2. The Bertz CT molecular complexity index is 923. The van der Waals surface area contributed by atoms with Crippen LogP contribution in [-0.2, 0) is 9.59 Å². The van der Waals surface area contributed by atoms with Gasteiger partial charge in [0, 0.05) is 19.5 Å². The van der Waals surface area contributed by atoms with E-state index >= 15 is 0 Å². The number of hydrogen-bond acceptors (Lipinski definition) is 5. The van der Waals surface area contributed by atoms with Crippen molar-refractivity contribution in [3.8, 4) is 17.6 Å². The molecule has 1 aliphatic heterocycles. The third-order valence-electron chi connectivity index (χ3n) is 4.86. The molecule has 1 saturated heterocycles. The first-order valence-electron chi connectivity index (χ1n) is 9.36. The van der Waals surface area contributed by atoms with Crippen LogP contribution < -0.4 is 9.47 Å². The van der Waals surface area contributed by atoms with E-state index in [1.807, 2.05) is 36.4 Å². The molecular formula is C22H23N3O4. The van der Waals surface area contributed by atoms with E-state index in [0.29, 0.717) is 30.1 Å². The van der Waals surface area contributed by atoms with Gasteiger partial charge in [0.05, 0.1) is 25.3 Å². The van der Waals surface area contributed by atoms with Crippen molar-refractivity contribution in [2.24, 2.45) is 0 Å². The lowest BCUT2D eigenvalue weighted by Gasteiger charge is -2.28. The average Bonchev–Trinajstić information content (AvgIpc) is 3.06. The summed E-state index contributed by atoms with van der Waals surface area (Å²) in [6, 6.07) is 16.5. The second-order valence-electron chi connectivity index (χ2n) is 6.74. The van der Waals surface area contributed by atoms with E-state index in [1.54, 1.807) is 35.0 Å². The Labute approximate surface area is 170 Å². The van der Waals surface area contributed by atoms with Crippen LogP contribution >= 0.6 is 0 Å². The molecule has 7 nitrogen and oxygen atoms in total. The van der Waals surface area contributed by atoms with E-state index in [2.05, 4.69) is 0 Å². The molecule has 3 rings (SSSR count). The highest BCUT2D eigenvalue weighted by atomic mass is 16.5. The van der Waals surface area contributed by atoms with E-state index in [4.69, 9.17) is 14.7 Å². The van der Waals surface area contributed by atoms with Crippen molar-refractivity contribution >= 4 is 11.8 Å². The largest absolute Gasteiger partial charge is 0.493 e. The fourth-order valence-corrected chi connectivity index (χ4v) is 3.35. The lowest BCUT2D eigenvalue weighted by atomic mass is 10.1. The molecule has 1 heterocycles. The number of carbonyl (C=O) groups is 2. The van der Waals surface area contributed by atoms with Crippen LogP contribution in [0.2, 0.25) is 0 Å². The maximum Gasteiger partial charge on any atom is 0.243 e. The van der Waals surface area contributed by atoms with Gasteiger partial charge >= 0.3 is 0 Å². The molecule has 0 aliphatic carbocycles. The van der Waals surface area contributed by atoms with E-state index in [9.17, 15) is 9.59 Å². The second kappa shape index (κ2) is 9.11. The Hall–Kier alpha value is -3.53. The molecule has 2 aromatic rings.